The van der Waals surface area contributed by atoms with Gasteiger partial charge in [0.1, 0.15) is 11.5 Å². The van der Waals surface area contributed by atoms with Crippen LogP contribution in [0.4, 0.5) is 5.69 Å². The van der Waals surface area contributed by atoms with E-state index >= 15 is 0 Å². The van der Waals surface area contributed by atoms with E-state index in [1.54, 1.807) is 12.1 Å². The lowest BCUT2D eigenvalue weighted by Gasteiger charge is -2.05. The van der Waals surface area contributed by atoms with E-state index in [4.69, 9.17) is 9.15 Å². The molecule has 0 atom stereocenters. The van der Waals surface area contributed by atoms with Crippen molar-refractivity contribution in [3.8, 4) is 34.4 Å². The first-order valence-corrected chi connectivity index (χ1v) is 8.11. The minimum Gasteiger partial charge on any atom is -0.457 e. The van der Waals surface area contributed by atoms with Crippen LogP contribution in [0.2, 0.25) is 0 Å². The van der Waals surface area contributed by atoms with Crippen LogP contribution >= 0.6 is 0 Å². The van der Waals surface area contributed by atoms with Crippen LogP contribution in [0.5, 0.6) is 11.5 Å². The largest absolute Gasteiger partial charge is 0.457 e. The van der Waals surface area contributed by atoms with Crippen LogP contribution in [-0.4, -0.2) is 15.1 Å². The molecule has 4 aromatic rings. The summed E-state index contributed by atoms with van der Waals surface area (Å²) in [4.78, 5) is 10.3. The number of non-ortho nitro benzene ring substituents is 1. The third kappa shape index (κ3) is 3.67. The van der Waals surface area contributed by atoms with E-state index in [1.165, 1.54) is 12.1 Å². The molecule has 0 bridgehead atoms. The number of aromatic nitrogens is 2. The molecule has 1 aromatic heterocycles. The van der Waals surface area contributed by atoms with E-state index in [2.05, 4.69) is 10.2 Å². The highest BCUT2D eigenvalue weighted by molar-refractivity contribution is 5.59. The summed E-state index contributed by atoms with van der Waals surface area (Å²) in [6, 6.07) is 22.7. The molecule has 7 nitrogen and oxygen atoms in total. The number of hydrogen-bond acceptors (Lipinski definition) is 6. The number of rotatable bonds is 5. The van der Waals surface area contributed by atoms with Crippen molar-refractivity contribution in [3.05, 3.63) is 89.0 Å². The summed E-state index contributed by atoms with van der Waals surface area (Å²) in [5, 5.41) is 18.8. The number of nitro groups is 1. The third-order valence-corrected chi connectivity index (χ3v) is 3.83. The maximum Gasteiger partial charge on any atom is 0.269 e. The van der Waals surface area contributed by atoms with Crippen molar-refractivity contribution in [1.29, 1.82) is 0 Å². The van der Waals surface area contributed by atoms with Gasteiger partial charge in [-0.05, 0) is 48.5 Å². The summed E-state index contributed by atoms with van der Waals surface area (Å²) in [7, 11) is 0. The summed E-state index contributed by atoms with van der Waals surface area (Å²) in [5.41, 5.74) is 1.37. The standard InChI is InChI=1S/C20H13N3O4/c24-23(25)16-10-6-14(7-11-16)19-21-22-20(27-19)15-8-12-18(13-9-15)26-17-4-2-1-3-5-17/h1-13H. The van der Waals surface area contributed by atoms with Crippen LogP contribution in [0.3, 0.4) is 0 Å². The Labute approximate surface area is 154 Å². The fraction of sp³-hybridized carbons (Fsp3) is 0. The van der Waals surface area contributed by atoms with Crippen LogP contribution in [-0.2, 0) is 0 Å². The molecule has 3 aromatic carbocycles. The second kappa shape index (κ2) is 7.09. The predicted octanol–water partition coefficient (Wildman–Crippen LogP) is 5.10. The lowest BCUT2D eigenvalue weighted by atomic mass is 10.2. The molecule has 27 heavy (non-hydrogen) atoms. The van der Waals surface area contributed by atoms with Crippen LogP contribution in [0, 0.1) is 10.1 Å². The second-order valence-electron chi connectivity index (χ2n) is 5.66. The summed E-state index contributed by atoms with van der Waals surface area (Å²) in [6.07, 6.45) is 0. The van der Waals surface area contributed by atoms with Crippen molar-refractivity contribution in [2.75, 3.05) is 0 Å². The number of ether oxygens (including phenoxy) is 1. The van der Waals surface area contributed by atoms with Gasteiger partial charge in [-0.15, -0.1) is 10.2 Å². The minimum atomic E-state index is -0.456. The second-order valence-corrected chi connectivity index (χ2v) is 5.66. The van der Waals surface area contributed by atoms with Crippen LogP contribution in [0.1, 0.15) is 0 Å². The lowest BCUT2D eigenvalue weighted by Crippen LogP contribution is -1.87. The predicted molar refractivity (Wildman–Crippen MR) is 98.3 cm³/mol. The van der Waals surface area contributed by atoms with Crippen molar-refractivity contribution < 1.29 is 14.1 Å². The molecule has 132 valence electrons. The quantitative estimate of drug-likeness (QED) is 0.363. The average molecular weight is 359 g/mol. The average Bonchev–Trinajstić information content (AvgIpc) is 3.20. The number of hydrogen-bond donors (Lipinski definition) is 0. The zero-order valence-electron chi connectivity index (χ0n) is 14.0. The highest BCUT2D eigenvalue weighted by atomic mass is 16.6. The smallest absolute Gasteiger partial charge is 0.269 e. The number of benzene rings is 3. The molecule has 0 N–H and O–H groups in total. The Morgan fingerprint density at radius 3 is 1.81 bits per heavy atom. The molecular formula is C20H13N3O4. The lowest BCUT2D eigenvalue weighted by molar-refractivity contribution is -0.384. The van der Waals surface area contributed by atoms with Crippen LogP contribution in [0.25, 0.3) is 22.9 Å². The van der Waals surface area contributed by atoms with Gasteiger partial charge in [-0.3, -0.25) is 10.1 Å². The first-order valence-electron chi connectivity index (χ1n) is 8.11. The van der Waals surface area contributed by atoms with Gasteiger partial charge in [-0.2, -0.15) is 0 Å². The van der Waals surface area contributed by atoms with Crippen molar-refractivity contribution in [1.82, 2.24) is 10.2 Å². The summed E-state index contributed by atoms with van der Waals surface area (Å²) in [5.74, 6) is 2.10. The Bertz CT molecular complexity index is 1060. The van der Waals surface area contributed by atoms with Crippen molar-refractivity contribution >= 4 is 5.69 Å². The molecule has 0 fully saturated rings. The molecule has 0 aliphatic rings. The Morgan fingerprint density at radius 1 is 0.741 bits per heavy atom. The van der Waals surface area contributed by atoms with E-state index in [9.17, 15) is 10.1 Å². The molecule has 0 aliphatic heterocycles. The van der Waals surface area contributed by atoms with Gasteiger partial charge in [0.25, 0.3) is 5.69 Å². The molecule has 0 saturated heterocycles. The van der Waals surface area contributed by atoms with Crippen molar-refractivity contribution in [2.24, 2.45) is 0 Å². The molecule has 0 unspecified atom stereocenters. The van der Waals surface area contributed by atoms with Gasteiger partial charge in [-0.1, -0.05) is 18.2 Å². The molecule has 1 heterocycles. The van der Waals surface area contributed by atoms with E-state index in [0.29, 0.717) is 23.1 Å². The van der Waals surface area contributed by atoms with Crippen molar-refractivity contribution in [2.45, 2.75) is 0 Å². The van der Waals surface area contributed by atoms with E-state index in [0.717, 1.165) is 11.3 Å². The molecule has 0 spiro atoms. The van der Waals surface area contributed by atoms with Gasteiger partial charge in [0.2, 0.25) is 11.8 Å². The fourth-order valence-electron chi connectivity index (χ4n) is 2.47. The Morgan fingerprint density at radius 2 is 1.26 bits per heavy atom. The van der Waals surface area contributed by atoms with Crippen LogP contribution in [0.15, 0.2) is 83.3 Å². The number of nitrogens with zero attached hydrogens (tertiary/aromatic N) is 3. The first kappa shape index (κ1) is 16.5. The molecule has 0 radical (unpaired) electrons. The van der Waals surface area contributed by atoms with Gasteiger partial charge in [0.05, 0.1) is 4.92 Å². The first-order chi connectivity index (χ1) is 13.2. The van der Waals surface area contributed by atoms with Gasteiger partial charge >= 0.3 is 0 Å². The molecule has 0 aliphatic carbocycles. The molecule has 0 amide bonds. The van der Waals surface area contributed by atoms with E-state index < -0.39 is 4.92 Å². The topological polar surface area (TPSA) is 91.3 Å². The Hall–Kier alpha value is -4.00. The molecule has 4 rings (SSSR count). The molecular weight excluding hydrogens is 346 g/mol. The highest BCUT2D eigenvalue weighted by Gasteiger charge is 2.12. The third-order valence-electron chi connectivity index (χ3n) is 3.83. The summed E-state index contributed by atoms with van der Waals surface area (Å²) < 4.78 is 11.4. The van der Waals surface area contributed by atoms with Gasteiger partial charge in [0, 0.05) is 23.3 Å². The molecule has 0 saturated carbocycles. The number of para-hydroxylation sites is 1. The normalized spacial score (nSPS) is 10.5. The van der Waals surface area contributed by atoms with Gasteiger partial charge < -0.3 is 9.15 Å². The van der Waals surface area contributed by atoms with Gasteiger partial charge in [0.15, 0.2) is 0 Å². The van der Waals surface area contributed by atoms with E-state index in [1.807, 2.05) is 54.6 Å². The number of nitro benzene ring substituents is 1. The minimum absolute atomic E-state index is 0.00694. The zero-order chi connectivity index (χ0) is 18.6. The van der Waals surface area contributed by atoms with Gasteiger partial charge in [-0.25, -0.2) is 0 Å². The Kier molecular flexibility index (Phi) is 4.32. The summed E-state index contributed by atoms with van der Waals surface area (Å²) in [6.45, 7) is 0. The monoisotopic (exact) mass is 359 g/mol. The van der Waals surface area contributed by atoms with E-state index in [-0.39, 0.29) is 5.69 Å². The zero-order valence-corrected chi connectivity index (χ0v) is 14.0. The maximum atomic E-state index is 10.7. The van der Waals surface area contributed by atoms with Crippen LogP contribution < -0.4 is 4.74 Å². The molecule has 7 heteroatoms. The highest BCUT2D eigenvalue weighted by Crippen LogP contribution is 2.28. The van der Waals surface area contributed by atoms with Crippen molar-refractivity contribution in [3.63, 3.8) is 0 Å². The summed E-state index contributed by atoms with van der Waals surface area (Å²) >= 11 is 0. The fourth-order valence-corrected chi connectivity index (χ4v) is 2.47. The SMILES string of the molecule is O=[N+]([O-])c1ccc(-c2nnc(-c3ccc(Oc4ccccc4)cc3)o2)cc1. The maximum absolute atomic E-state index is 10.7. The Balaban J connectivity index is 1.52.